The average Bonchev–Trinajstić information content (AvgIpc) is 2.80. The van der Waals surface area contributed by atoms with E-state index in [1.54, 1.807) is 12.1 Å². The number of hydrogen-bond donors (Lipinski definition) is 1. The van der Waals surface area contributed by atoms with E-state index < -0.39 is 0 Å². The van der Waals surface area contributed by atoms with Crippen LogP contribution in [0.5, 0.6) is 0 Å². The minimum atomic E-state index is -0.320. The normalized spacial score (nSPS) is 11.0. The summed E-state index contributed by atoms with van der Waals surface area (Å²) >= 11 is 0. The van der Waals surface area contributed by atoms with E-state index in [0.717, 1.165) is 11.5 Å². The largest absolute Gasteiger partial charge is 0.355 e. The van der Waals surface area contributed by atoms with Gasteiger partial charge in [0.2, 0.25) is 5.91 Å². The molecule has 0 saturated heterocycles. The summed E-state index contributed by atoms with van der Waals surface area (Å²) in [5, 5.41) is 2.86. The Labute approximate surface area is 130 Å². The minimum Gasteiger partial charge on any atom is -0.355 e. The number of rotatable bonds is 6. The van der Waals surface area contributed by atoms with Crippen molar-refractivity contribution in [2.24, 2.45) is 0 Å². The van der Waals surface area contributed by atoms with Gasteiger partial charge in [-0.3, -0.25) is 4.79 Å². The van der Waals surface area contributed by atoms with Crippen molar-refractivity contribution in [2.75, 3.05) is 6.54 Å². The van der Waals surface area contributed by atoms with E-state index in [1.807, 2.05) is 13.1 Å². The molecule has 0 aliphatic rings. The number of imidazole rings is 1. The summed E-state index contributed by atoms with van der Waals surface area (Å²) in [6.07, 6.45) is 2.72. The van der Waals surface area contributed by atoms with Crippen LogP contribution >= 0.6 is 0 Å². The molecule has 0 bridgehead atoms. The van der Waals surface area contributed by atoms with Gasteiger partial charge in [-0.25, -0.2) is 9.37 Å². The molecule has 0 radical (unpaired) electrons. The highest BCUT2D eigenvalue weighted by molar-refractivity contribution is 5.78. The van der Waals surface area contributed by atoms with Gasteiger partial charge in [-0.2, -0.15) is 0 Å². The molecule has 5 heteroatoms. The Morgan fingerprint density at radius 3 is 2.86 bits per heavy atom. The highest BCUT2D eigenvalue weighted by Gasteiger charge is 2.10. The van der Waals surface area contributed by atoms with E-state index in [9.17, 15) is 9.18 Å². The highest BCUT2D eigenvalue weighted by atomic mass is 19.1. The van der Waals surface area contributed by atoms with Crippen LogP contribution in [0.3, 0.4) is 0 Å². The molecular weight excluding hydrogens is 281 g/mol. The SMILES string of the molecule is Cc1cnc(CCNC(=O)Cc2cccc(F)c2)n1C(C)C. The van der Waals surface area contributed by atoms with Gasteiger partial charge in [0.1, 0.15) is 11.6 Å². The number of carbonyl (C=O) groups excluding carboxylic acids is 1. The molecule has 2 aromatic rings. The Kier molecular flexibility index (Phi) is 5.31. The molecule has 1 aromatic heterocycles. The Morgan fingerprint density at radius 1 is 1.41 bits per heavy atom. The smallest absolute Gasteiger partial charge is 0.224 e. The number of aryl methyl sites for hydroxylation is 1. The lowest BCUT2D eigenvalue weighted by Gasteiger charge is -2.14. The molecule has 0 aliphatic carbocycles. The van der Waals surface area contributed by atoms with Gasteiger partial charge in [0.25, 0.3) is 0 Å². The summed E-state index contributed by atoms with van der Waals surface area (Å²) in [6.45, 7) is 6.78. The van der Waals surface area contributed by atoms with Crippen molar-refractivity contribution in [3.05, 3.63) is 53.4 Å². The Bertz CT molecular complexity index is 649. The van der Waals surface area contributed by atoms with Crippen molar-refractivity contribution in [1.82, 2.24) is 14.9 Å². The van der Waals surface area contributed by atoms with Crippen LogP contribution < -0.4 is 5.32 Å². The van der Waals surface area contributed by atoms with Crippen LogP contribution in [0.1, 0.15) is 37.0 Å². The summed E-state index contributed by atoms with van der Waals surface area (Å²) in [5.74, 6) is 0.545. The number of nitrogens with one attached hydrogen (secondary N) is 1. The maximum atomic E-state index is 13.1. The summed E-state index contributed by atoms with van der Waals surface area (Å²) in [7, 11) is 0. The summed E-state index contributed by atoms with van der Waals surface area (Å²) < 4.78 is 15.2. The molecule has 0 saturated carbocycles. The van der Waals surface area contributed by atoms with Gasteiger partial charge in [0.15, 0.2) is 0 Å². The predicted octanol–water partition coefficient (Wildman–Crippen LogP) is 2.81. The Morgan fingerprint density at radius 2 is 2.18 bits per heavy atom. The van der Waals surface area contributed by atoms with Crippen LogP contribution in [0, 0.1) is 12.7 Å². The molecule has 4 nitrogen and oxygen atoms in total. The fourth-order valence-electron chi connectivity index (χ4n) is 2.59. The Hall–Kier alpha value is -2.17. The second-order valence-electron chi connectivity index (χ2n) is 5.69. The first-order chi connectivity index (χ1) is 10.5. The molecule has 0 aliphatic heterocycles. The fraction of sp³-hybridized carbons (Fsp3) is 0.412. The zero-order valence-electron chi connectivity index (χ0n) is 13.3. The second kappa shape index (κ2) is 7.20. The third-order valence-electron chi connectivity index (χ3n) is 3.50. The van der Waals surface area contributed by atoms with E-state index in [1.165, 1.54) is 12.1 Å². The molecule has 118 valence electrons. The van der Waals surface area contributed by atoms with Crippen LogP contribution in [0.15, 0.2) is 30.5 Å². The van der Waals surface area contributed by atoms with E-state index >= 15 is 0 Å². The van der Waals surface area contributed by atoms with Crippen molar-refractivity contribution in [3.8, 4) is 0 Å². The van der Waals surface area contributed by atoms with Gasteiger partial charge < -0.3 is 9.88 Å². The average molecular weight is 303 g/mol. The van der Waals surface area contributed by atoms with Crippen LogP contribution in [0.2, 0.25) is 0 Å². The number of amides is 1. The van der Waals surface area contributed by atoms with E-state index in [-0.39, 0.29) is 18.1 Å². The van der Waals surface area contributed by atoms with Crippen molar-refractivity contribution >= 4 is 5.91 Å². The van der Waals surface area contributed by atoms with Crippen LogP contribution in [0.25, 0.3) is 0 Å². The maximum Gasteiger partial charge on any atom is 0.224 e. The molecule has 1 aromatic carbocycles. The summed E-state index contributed by atoms with van der Waals surface area (Å²) in [4.78, 5) is 16.3. The fourth-order valence-corrected chi connectivity index (χ4v) is 2.59. The molecular formula is C17H22FN3O. The van der Waals surface area contributed by atoms with Crippen LogP contribution in [-0.4, -0.2) is 22.0 Å². The molecule has 0 fully saturated rings. The van der Waals surface area contributed by atoms with Crippen molar-refractivity contribution in [1.29, 1.82) is 0 Å². The van der Waals surface area contributed by atoms with Crippen molar-refractivity contribution in [3.63, 3.8) is 0 Å². The van der Waals surface area contributed by atoms with Gasteiger partial charge in [0, 0.05) is 30.9 Å². The molecule has 0 unspecified atom stereocenters. The van der Waals surface area contributed by atoms with E-state index in [2.05, 4.69) is 28.7 Å². The standard InChI is InChI=1S/C17H22FN3O/c1-12(2)21-13(3)11-20-16(21)7-8-19-17(22)10-14-5-4-6-15(18)9-14/h4-6,9,11-12H,7-8,10H2,1-3H3,(H,19,22). The van der Waals surface area contributed by atoms with E-state index in [0.29, 0.717) is 24.6 Å². The summed E-state index contributed by atoms with van der Waals surface area (Å²) in [5.41, 5.74) is 1.80. The Balaban J connectivity index is 1.85. The number of aromatic nitrogens is 2. The molecule has 0 spiro atoms. The molecule has 1 amide bonds. The van der Waals surface area contributed by atoms with Crippen LogP contribution in [-0.2, 0) is 17.6 Å². The second-order valence-corrected chi connectivity index (χ2v) is 5.69. The van der Waals surface area contributed by atoms with Crippen molar-refractivity contribution in [2.45, 2.75) is 39.7 Å². The predicted molar refractivity (Wildman–Crippen MR) is 84.2 cm³/mol. The first kappa shape index (κ1) is 16.2. The first-order valence-corrected chi connectivity index (χ1v) is 7.51. The van der Waals surface area contributed by atoms with Gasteiger partial charge >= 0.3 is 0 Å². The van der Waals surface area contributed by atoms with Crippen molar-refractivity contribution < 1.29 is 9.18 Å². The topological polar surface area (TPSA) is 46.9 Å². The zero-order chi connectivity index (χ0) is 16.1. The number of carbonyl (C=O) groups is 1. The van der Waals surface area contributed by atoms with Crippen LogP contribution in [0.4, 0.5) is 4.39 Å². The quantitative estimate of drug-likeness (QED) is 0.892. The lowest BCUT2D eigenvalue weighted by Crippen LogP contribution is -2.28. The number of hydrogen-bond acceptors (Lipinski definition) is 2. The number of halogens is 1. The van der Waals surface area contributed by atoms with Gasteiger partial charge in [0.05, 0.1) is 6.42 Å². The highest BCUT2D eigenvalue weighted by Crippen LogP contribution is 2.13. The third-order valence-corrected chi connectivity index (χ3v) is 3.50. The third kappa shape index (κ3) is 4.16. The van der Waals surface area contributed by atoms with E-state index in [4.69, 9.17) is 0 Å². The lowest BCUT2D eigenvalue weighted by molar-refractivity contribution is -0.120. The number of benzene rings is 1. The minimum absolute atomic E-state index is 0.107. The monoisotopic (exact) mass is 303 g/mol. The molecule has 0 atom stereocenters. The first-order valence-electron chi connectivity index (χ1n) is 7.51. The zero-order valence-corrected chi connectivity index (χ0v) is 13.3. The molecule has 1 N–H and O–H groups in total. The lowest BCUT2D eigenvalue weighted by atomic mass is 10.1. The van der Waals surface area contributed by atoms with Gasteiger partial charge in [-0.1, -0.05) is 12.1 Å². The molecule has 2 rings (SSSR count). The van der Waals surface area contributed by atoms with Gasteiger partial charge in [-0.05, 0) is 38.5 Å². The van der Waals surface area contributed by atoms with Gasteiger partial charge in [-0.15, -0.1) is 0 Å². The maximum absolute atomic E-state index is 13.1. The molecule has 22 heavy (non-hydrogen) atoms. The summed E-state index contributed by atoms with van der Waals surface area (Å²) in [6, 6.07) is 6.46. The number of nitrogens with zero attached hydrogens (tertiary/aromatic N) is 2. The molecule has 1 heterocycles.